The van der Waals surface area contributed by atoms with Crippen molar-refractivity contribution >= 4 is 18.1 Å². The van der Waals surface area contributed by atoms with E-state index in [1.807, 2.05) is 25.1 Å². The van der Waals surface area contributed by atoms with Crippen LogP contribution in [-0.2, 0) is 20.7 Å². The van der Waals surface area contributed by atoms with Gasteiger partial charge < -0.3 is 29.0 Å². The minimum absolute atomic E-state index is 0.262. The lowest BCUT2D eigenvalue weighted by Crippen LogP contribution is -2.45. The van der Waals surface area contributed by atoms with Crippen LogP contribution in [0.4, 0.5) is 10.8 Å². The molecular weight excluding hydrogens is 500 g/mol. The monoisotopic (exact) mass is 544 g/mol. The second-order valence-corrected chi connectivity index (χ2v) is 11.5. The highest BCUT2D eigenvalue weighted by Crippen LogP contribution is 2.26. The summed E-state index contributed by atoms with van der Waals surface area (Å²) in [4.78, 5) is 31.2. The molecule has 0 bridgehead atoms. The molecule has 0 unspecified atom stereocenters. The standard InChI is InChI=1S/C29H44N4O6/c1-19(2)25-31-27(39-32-25)33-14-12-21(13-15-33)9-8-16-37-23-11-10-22(20(3)17-23)18-24(26(34)36-7)30-28(35)38-29(4,5)6/h10-11,17,19,21,24H,8-9,12-16,18H2,1-7H3,(H,30,35)/t24-/m0/s1. The molecule has 0 spiro atoms. The molecular formula is C29H44N4O6. The van der Waals surface area contributed by atoms with Gasteiger partial charge in [-0.3, -0.25) is 0 Å². The van der Waals surface area contributed by atoms with E-state index in [1.54, 1.807) is 20.8 Å². The lowest BCUT2D eigenvalue weighted by molar-refractivity contribution is -0.143. The van der Waals surface area contributed by atoms with Crippen LogP contribution in [0.2, 0.25) is 0 Å². The highest BCUT2D eigenvalue weighted by atomic mass is 16.6. The molecule has 1 amide bonds. The van der Waals surface area contributed by atoms with E-state index in [1.165, 1.54) is 7.11 Å². The van der Waals surface area contributed by atoms with Gasteiger partial charge >= 0.3 is 18.1 Å². The van der Waals surface area contributed by atoms with Gasteiger partial charge in [-0.25, -0.2) is 9.59 Å². The maximum atomic E-state index is 12.3. The number of rotatable bonds is 11. The number of nitrogens with zero attached hydrogens (tertiary/aromatic N) is 3. The Morgan fingerprint density at radius 3 is 2.51 bits per heavy atom. The average molecular weight is 545 g/mol. The van der Waals surface area contributed by atoms with Crippen LogP contribution in [0, 0.1) is 12.8 Å². The van der Waals surface area contributed by atoms with E-state index in [-0.39, 0.29) is 5.92 Å². The summed E-state index contributed by atoms with van der Waals surface area (Å²) in [7, 11) is 1.30. The Bertz CT molecular complexity index is 1090. The molecule has 1 fully saturated rings. The zero-order chi connectivity index (χ0) is 28.6. The highest BCUT2D eigenvalue weighted by Gasteiger charge is 2.26. The molecule has 1 aromatic carbocycles. The van der Waals surface area contributed by atoms with Crippen molar-refractivity contribution in [1.29, 1.82) is 0 Å². The Labute approximate surface area is 231 Å². The topological polar surface area (TPSA) is 116 Å². The lowest BCUT2D eigenvalue weighted by Gasteiger charge is -2.30. The number of nitrogens with one attached hydrogen (secondary N) is 1. The van der Waals surface area contributed by atoms with Crippen LogP contribution in [0.25, 0.3) is 0 Å². The predicted molar refractivity (Wildman–Crippen MR) is 148 cm³/mol. The van der Waals surface area contributed by atoms with E-state index in [4.69, 9.17) is 18.7 Å². The van der Waals surface area contributed by atoms with Crippen LogP contribution < -0.4 is 15.0 Å². The summed E-state index contributed by atoms with van der Waals surface area (Å²) < 4.78 is 21.6. The summed E-state index contributed by atoms with van der Waals surface area (Å²) in [5.74, 6) is 1.95. The van der Waals surface area contributed by atoms with Crippen LogP contribution in [0.5, 0.6) is 5.75 Å². The van der Waals surface area contributed by atoms with Gasteiger partial charge in [-0.15, -0.1) is 0 Å². The summed E-state index contributed by atoms with van der Waals surface area (Å²) in [6.45, 7) is 13.9. The van der Waals surface area contributed by atoms with Gasteiger partial charge in [-0.2, -0.15) is 4.98 Å². The third kappa shape index (κ3) is 9.44. The number of hydrogen-bond acceptors (Lipinski definition) is 9. The van der Waals surface area contributed by atoms with Crippen LogP contribution in [0.15, 0.2) is 22.7 Å². The van der Waals surface area contributed by atoms with Crippen LogP contribution in [-0.4, -0.2) is 60.7 Å². The van der Waals surface area contributed by atoms with Crippen molar-refractivity contribution in [2.45, 2.75) is 91.2 Å². The molecule has 10 nitrogen and oxygen atoms in total. The molecule has 216 valence electrons. The number of benzene rings is 1. The van der Waals surface area contributed by atoms with E-state index in [0.717, 1.165) is 61.5 Å². The molecule has 3 rings (SSSR count). The fourth-order valence-electron chi connectivity index (χ4n) is 4.56. The molecule has 1 saturated heterocycles. The van der Waals surface area contributed by atoms with Gasteiger partial charge in [0.2, 0.25) is 0 Å². The van der Waals surface area contributed by atoms with Crippen LogP contribution >= 0.6 is 0 Å². The number of ether oxygens (including phenoxy) is 3. The van der Waals surface area contributed by atoms with Crippen molar-refractivity contribution in [3.63, 3.8) is 0 Å². The molecule has 2 heterocycles. The molecule has 0 radical (unpaired) electrons. The van der Waals surface area contributed by atoms with E-state index < -0.39 is 23.7 Å². The molecule has 1 aromatic heterocycles. The number of piperidine rings is 1. The normalized spacial score (nSPS) is 15.2. The van der Waals surface area contributed by atoms with Gasteiger partial charge in [0.25, 0.3) is 0 Å². The predicted octanol–water partition coefficient (Wildman–Crippen LogP) is 5.19. The molecule has 39 heavy (non-hydrogen) atoms. The number of esters is 1. The molecule has 10 heteroatoms. The van der Waals surface area contributed by atoms with Gasteiger partial charge in [0.05, 0.1) is 13.7 Å². The zero-order valence-corrected chi connectivity index (χ0v) is 24.4. The van der Waals surface area contributed by atoms with Crippen LogP contribution in [0.1, 0.15) is 83.2 Å². The number of carbonyl (C=O) groups is 2. The van der Waals surface area contributed by atoms with Crippen molar-refractivity contribution in [3.8, 4) is 5.75 Å². The number of carbonyl (C=O) groups excluding carboxylic acids is 2. The second kappa shape index (κ2) is 13.7. The summed E-state index contributed by atoms with van der Waals surface area (Å²) in [6.07, 6.45) is 3.93. The van der Waals surface area contributed by atoms with Crippen molar-refractivity contribution in [2.75, 3.05) is 31.7 Å². The number of anilines is 1. The maximum Gasteiger partial charge on any atom is 0.408 e. The van der Waals surface area contributed by atoms with Gasteiger partial charge in [0, 0.05) is 25.4 Å². The molecule has 2 aromatic rings. The number of alkyl carbamates (subject to hydrolysis) is 1. The Morgan fingerprint density at radius 2 is 1.92 bits per heavy atom. The third-order valence-electron chi connectivity index (χ3n) is 6.77. The van der Waals surface area contributed by atoms with Crippen molar-refractivity contribution in [3.05, 3.63) is 35.2 Å². The number of amides is 1. The number of hydrogen-bond donors (Lipinski definition) is 1. The first-order chi connectivity index (χ1) is 18.4. The van der Waals surface area contributed by atoms with Gasteiger partial charge in [0.15, 0.2) is 5.82 Å². The molecule has 1 atom stereocenters. The van der Waals surface area contributed by atoms with E-state index >= 15 is 0 Å². The largest absolute Gasteiger partial charge is 0.494 e. The van der Waals surface area contributed by atoms with E-state index in [0.29, 0.717) is 25.0 Å². The zero-order valence-electron chi connectivity index (χ0n) is 24.4. The van der Waals surface area contributed by atoms with Gasteiger partial charge in [0.1, 0.15) is 17.4 Å². The number of aromatic nitrogens is 2. The number of methoxy groups -OCH3 is 1. The van der Waals surface area contributed by atoms with E-state index in [2.05, 4.69) is 34.2 Å². The summed E-state index contributed by atoms with van der Waals surface area (Å²) in [5, 5.41) is 6.70. The fourth-order valence-corrected chi connectivity index (χ4v) is 4.56. The minimum atomic E-state index is -0.848. The van der Waals surface area contributed by atoms with Crippen molar-refractivity contribution in [1.82, 2.24) is 15.5 Å². The first kappa shape index (κ1) is 30.2. The quantitative estimate of drug-likeness (QED) is 0.301. The summed E-state index contributed by atoms with van der Waals surface area (Å²) in [5.41, 5.74) is 1.23. The Balaban J connectivity index is 1.42. The molecule has 1 aliphatic heterocycles. The SMILES string of the molecule is COC(=O)[C@H](Cc1ccc(OCCCC2CCN(c3nc(C(C)C)no3)CC2)cc1C)NC(=O)OC(C)(C)C. The first-order valence-electron chi connectivity index (χ1n) is 13.8. The summed E-state index contributed by atoms with van der Waals surface area (Å²) in [6, 6.07) is 5.58. The van der Waals surface area contributed by atoms with Crippen LogP contribution in [0.3, 0.4) is 0 Å². The average Bonchev–Trinajstić information content (AvgIpc) is 3.37. The Hall–Kier alpha value is -3.30. The smallest absolute Gasteiger partial charge is 0.408 e. The molecule has 1 N–H and O–H groups in total. The molecule has 0 saturated carbocycles. The number of aryl methyl sites for hydroxylation is 1. The first-order valence-corrected chi connectivity index (χ1v) is 13.8. The van der Waals surface area contributed by atoms with Gasteiger partial charge in [-0.05, 0) is 82.6 Å². The van der Waals surface area contributed by atoms with Crippen molar-refractivity contribution < 1.29 is 28.3 Å². The van der Waals surface area contributed by atoms with Crippen molar-refractivity contribution in [2.24, 2.45) is 5.92 Å². The summed E-state index contributed by atoms with van der Waals surface area (Å²) >= 11 is 0. The highest BCUT2D eigenvalue weighted by molar-refractivity contribution is 5.81. The lowest BCUT2D eigenvalue weighted by atomic mass is 9.92. The maximum absolute atomic E-state index is 12.3. The third-order valence-corrected chi connectivity index (χ3v) is 6.77. The molecule has 0 aliphatic carbocycles. The Kier molecular flexibility index (Phi) is 10.6. The van der Waals surface area contributed by atoms with E-state index in [9.17, 15) is 9.59 Å². The second-order valence-electron chi connectivity index (χ2n) is 11.5. The van der Waals surface area contributed by atoms with Gasteiger partial charge in [-0.1, -0.05) is 25.1 Å². The minimum Gasteiger partial charge on any atom is -0.494 e. The molecule has 1 aliphatic rings. The Morgan fingerprint density at radius 1 is 1.21 bits per heavy atom. The fraction of sp³-hybridized carbons (Fsp3) is 0.655.